The van der Waals surface area contributed by atoms with E-state index in [0.29, 0.717) is 25.0 Å². The summed E-state index contributed by atoms with van der Waals surface area (Å²) in [4.78, 5) is 6.16. The highest BCUT2D eigenvalue weighted by molar-refractivity contribution is 5.25. The van der Waals surface area contributed by atoms with Gasteiger partial charge in [-0.05, 0) is 6.92 Å². The highest BCUT2D eigenvalue weighted by Crippen LogP contribution is 2.14. The minimum absolute atomic E-state index is 0.0657. The van der Waals surface area contributed by atoms with Crippen LogP contribution in [0.4, 0.5) is 6.01 Å². The van der Waals surface area contributed by atoms with Gasteiger partial charge in [-0.15, -0.1) is 0 Å². The third-order valence-electron chi connectivity index (χ3n) is 2.19. The first-order chi connectivity index (χ1) is 6.79. The molecular weight excluding hydrogens is 184 g/mol. The number of hydrogen-bond acceptors (Lipinski definition) is 6. The summed E-state index contributed by atoms with van der Waals surface area (Å²) in [7, 11) is 0. The van der Waals surface area contributed by atoms with Crippen LogP contribution in [0.3, 0.4) is 0 Å². The summed E-state index contributed by atoms with van der Waals surface area (Å²) in [5.74, 6) is 0.649. The van der Waals surface area contributed by atoms with Gasteiger partial charge in [-0.25, -0.2) is 0 Å². The van der Waals surface area contributed by atoms with Crippen molar-refractivity contribution in [3.63, 3.8) is 0 Å². The average molecular weight is 198 g/mol. The second kappa shape index (κ2) is 3.93. The number of nitrogens with two attached hydrogens (primary N) is 1. The molecule has 1 saturated heterocycles. The fourth-order valence-electron chi connectivity index (χ4n) is 1.45. The Morgan fingerprint density at radius 2 is 2.50 bits per heavy atom. The molecule has 6 nitrogen and oxygen atoms in total. The first kappa shape index (κ1) is 9.42. The van der Waals surface area contributed by atoms with Crippen molar-refractivity contribution >= 4 is 6.01 Å². The molecule has 1 aliphatic rings. The quantitative estimate of drug-likeness (QED) is 0.693. The SMILES string of the molecule is Cc1noc(N2CCOC(CN)C2)n1. The molecule has 0 radical (unpaired) electrons. The lowest BCUT2D eigenvalue weighted by atomic mass is 10.3. The van der Waals surface area contributed by atoms with Gasteiger partial charge in [0.2, 0.25) is 0 Å². The van der Waals surface area contributed by atoms with E-state index in [1.54, 1.807) is 6.92 Å². The number of aryl methyl sites for hydroxylation is 1. The van der Waals surface area contributed by atoms with Crippen LogP contribution in [-0.2, 0) is 4.74 Å². The minimum atomic E-state index is 0.0657. The molecule has 1 aliphatic heterocycles. The van der Waals surface area contributed by atoms with E-state index < -0.39 is 0 Å². The summed E-state index contributed by atoms with van der Waals surface area (Å²) in [5, 5.41) is 3.74. The predicted molar refractivity (Wildman–Crippen MR) is 50.0 cm³/mol. The normalized spacial score (nSPS) is 22.7. The van der Waals surface area contributed by atoms with Crippen molar-refractivity contribution in [3.05, 3.63) is 5.82 Å². The average Bonchev–Trinajstić information content (AvgIpc) is 2.65. The van der Waals surface area contributed by atoms with E-state index in [2.05, 4.69) is 10.1 Å². The van der Waals surface area contributed by atoms with Crippen molar-refractivity contribution in [2.45, 2.75) is 13.0 Å². The molecule has 0 aromatic carbocycles. The van der Waals surface area contributed by atoms with Gasteiger partial charge in [-0.1, -0.05) is 5.16 Å². The maximum atomic E-state index is 5.53. The van der Waals surface area contributed by atoms with Gasteiger partial charge >= 0.3 is 6.01 Å². The maximum absolute atomic E-state index is 5.53. The van der Waals surface area contributed by atoms with Gasteiger partial charge in [0.1, 0.15) is 0 Å². The van der Waals surface area contributed by atoms with Crippen LogP contribution in [0.2, 0.25) is 0 Å². The topological polar surface area (TPSA) is 77.4 Å². The minimum Gasteiger partial charge on any atom is -0.373 e. The zero-order valence-corrected chi connectivity index (χ0v) is 8.14. The van der Waals surface area contributed by atoms with Crippen LogP contribution in [0.15, 0.2) is 4.52 Å². The summed E-state index contributed by atoms with van der Waals surface area (Å²) in [6, 6.07) is 0.559. The molecule has 2 heterocycles. The number of ether oxygens (including phenoxy) is 1. The van der Waals surface area contributed by atoms with Gasteiger partial charge in [-0.3, -0.25) is 0 Å². The Morgan fingerprint density at radius 3 is 3.14 bits per heavy atom. The summed E-state index contributed by atoms with van der Waals surface area (Å²) in [5.41, 5.74) is 5.53. The Kier molecular flexibility index (Phi) is 2.64. The zero-order chi connectivity index (χ0) is 9.97. The fourth-order valence-corrected chi connectivity index (χ4v) is 1.45. The molecule has 6 heteroatoms. The number of nitrogens with zero attached hydrogens (tertiary/aromatic N) is 3. The van der Waals surface area contributed by atoms with Gasteiger partial charge in [-0.2, -0.15) is 4.98 Å². The number of morpholine rings is 1. The largest absolute Gasteiger partial charge is 0.373 e. The van der Waals surface area contributed by atoms with Gasteiger partial charge in [0.05, 0.1) is 12.7 Å². The predicted octanol–water partition coefficient (Wildman–Crippen LogP) is -0.458. The molecule has 0 bridgehead atoms. The van der Waals surface area contributed by atoms with Crippen molar-refractivity contribution in [2.24, 2.45) is 5.73 Å². The second-order valence-corrected chi connectivity index (χ2v) is 3.30. The van der Waals surface area contributed by atoms with Crippen molar-refractivity contribution in [1.29, 1.82) is 0 Å². The Morgan fingerprint density at radius 1 is 1.64 bits per heavy atom. The molecule has 14 heavy (non-hydrogen) atoms. The summed E-state index contributed by atoms with van der Waals surface area (Å²) in [6.07, 6.45) is 0.0657. The highest BCUT2D eigenvalue weighted by atomic mass is 16.5. The van der Waals surface area contributed by atoms with Gasteiger partial charge in [0, 0.05) is 19.6 Å². The van der Waals surface area contributed by atoms with E-state index in [9.17, 15) is 0 Å². The van der Waals surface area contributed by atoms with Crippen molar-refractivity contribution in [1.82, 2.24) is 10.1 Å². The smallest absolute Gasteiger partial charge is 0.324 e. The number of aromatic nitrogens is 2. The number of hydrogen-bond donors (Lipinski definition) is 1. The van der Waals surface area contributed by atoms with Crippen LogP contribution >= 0.6 is 0 Å². The lowest BCUT2D eigenvalue weighted by Gasteiger charge is -2.30. The van der Waals surface area contributed by atoms with E-state index in [0.717, 1.165) is 13.1 Å². The lowest BCUT2D eigenvalue weighted by molar-refractivity contribution is 0.0444. The molecule has 1 fully saturated rings. The van der Waals surface area contributed by atoms with Crippen LogP contribution < -0.4 is 10.6 Å². The highest BCUT2D eigenvalue weighted by Gasteiger charge is 2.22. The second-order valence-electron chi connectivity index (χ2n) is 3.30. The van der Waals surface area contributed by atoms with Crippen LogP contribution in [0.5, 0.6) is 0 Å². The van der Waals surface area contributed by atoms with E-state index >= 15 is 0 Å². The Balaban J connectivity index is 2.04. The van der Waals surface area contributed by atoms with Crippen molar-refractivity contribution in [2.75, 3.05) is 31.1 Å². The summed E-state index contributed by atoms with van der Waals surface area (Å²) in [6.45, 7) is 4.47. The van der Waals surface area contributed by atoms with Crippen LogP contribution in [0, 0.1) is 6.92 Å². The van der Waals surface area contributed by atoms with Crippen molar-refractivity contribution < 1.29 is 9.26 Å². The van der Waals surface area contributed by atoms with Gasteiger partial charge < -0.3 is 19.9 Å². The van der Waals surface area contributed by atoms with Crippen LogP contribution in [-0.4, -0.2) is 42.5 Å². The summed E-state index contributed by atoms with van der Waals surface area (Å²) >= 11 is 0. The standard InChI is InChI=1S/C8H14N4O2/c1-6-10-8(14-11-6)12-2-3-13-7(4-9)5-12/h7H,2-5,9H2,1H3. The maximum Gasteiger partial charge on any atom is 0.324 e. The molecule has 1 unspecified atom stereocenters. The molecule has 0 aliphatic carbocycles. The van der Waals surface area contributed by atoms with E-state index in [1.165, 1.54) is 0 Å². The van der Waals surface area contributed by atoms with Crippen LogP contribution in [0.1, 0.15) is 5.82 Å². The lowest BCUT2D eigenvalue weighted by Crippen LogP contribution is -2.45. The molecule has 0 saturated carbocycles. The first-order valence-electron chi connectivity index (χ1n) is 4.66. The monoisotopic (exact) mass is 198 g/mol. The van der Waals surface area contributed by atoms with Crippen LogP contribution in [0.25, 0.3) is 0 Å². The molecule has 0 amide bonds. The van der Waals surface area contributed by atoms with E-state index in [-0.39, 0.29) is 6.10 Å². The molecule has 1 aromatic heterocycles. The molecule has 1 aromatic rings. The molecule has 0 spiro atoms. The molecule has 2 N–H and O–H groups in total. The van der Waals surface area contributed by atoms with Gasteiger partial charge in [0.15, 0.2) is 5.82 Å². The van der Waals surface area contributed by atoms with Crippen molar-refractivity contribution in [3.8, 4) is 0 Å². The molecule has 1 atom stereocenters. The first-order valence-corrected chi connectivity index (χ1v) is 4.66. The fraction of sp³-hybridized carbons (Fsp3) is 0.750. The number of anilines is 1. The summed E-state index contributed by atoms with van der Waals surface area (Å²) < 4.78 is 10.5. The van der Waals surface area contributed by atoms with Gasteiger partial charge in [0.25, 0.3) is 0 Å². The molecule has 78 valence electrons. The Labute approximate surface area is 82.0 Å². The molecular formula is C8H14N4O2. The molecule has 2 rings (SSSR count). The van der Waals surface area contributed by atoms with E-state index in [1.807, 2.05) is 4.90 Å². The zero-order valence-electron chi connectivity index (χ0n) is 8.14. The Hall–Kier alpha value is -1.14. The third kappa shape index (κ3) is 1.85. The Bertz CT molecular complexity index is 301. The third-order valence-corrected chi connectivity index (χ3v) is 2.19. The number of rotatable bonds is 2. The van der Waals surface area contributed by atoms with E-state index in [4.69, 9.17) is 15.0 Å².